The highest BCUT2D eigenvalue weighted by Gasteiger charge is 1.95. The van der Waals surface area contributed by atoms with Crippen molar-refractivity contribution in [2.24, 2.45) is 0 Å². The number of hydrogen-bond acceptors (Lipinski definition) is 2. The first-order valence-corrected chi connectivity index (χ1v) is 8.13. The molecule has 0 heterocycles. The molecular formula is C19H28O2. The Morgan fingerprint density at radius 3 is 2.43 bits per heavy atom. The third kappa shape index (κ3) is 9.28. The van der Waals surface area contributed by atoms with Crippen LogP contribution in [0.25, 0.3) is 0 Å². The van der Waals surface area contributed by atoms with Gasteiger partial charge in [0.1, 0.15) is 0 Å². The van der Waals surface area contributed by atoms with E-state index in [4.69, 9.17) is 9.84 Å². The molecule has 0 radical (unpaired) electrons. The van der Waals surface area contributed by atoms with Crippen LogP contribution in [0, 0.1) is 11.8 Å². The number of rotatable bonds is 10. The molecule has 116 valence electrons. The minimum atomic E-state index is 0.122. The van der Waals surface area contributed by atoms with E-state index in [0.717, 1.165) is 18.6 Å². The summed E-state index contributed by atoms with van der Waals surface area (Å²) in [4.78, 5) is 0. The van der Waals surface area contributed by atoms with Gasteiger partial charge in [-0.2, -0.15) is 0 Å². The number of benzene rings is 1. The van der Waals surface area contributed by atoms with Crippen molar-refractivity contribution in [3.8, 4) is 11.8 Å². The van der Waals surface area contributed by atoms with E-state index in [-0.39, 0.29) is 6.61 Å². The lowest BCUT2D eigenvalue weighted by Crippen LogP contribution is -1.95. The summed E-state index contributed by atoms with van der Waals surface area (Å²) in [7, 11) is 0. The molecule has 0 aliphatic carbocycles. The quantitative estimate of drug-likeness (QED) is 0.514. The molecule has 1 aromatic rings. The molecule has 0 saturated heterocycles. The maximum absolute atomic E-state index is 8.67. The molecule has 0 spiro atoms. The predicted octanol–water partition coefficient (Wildman–Crippen LogP) is 4.30. The van der Waals surface area contributed by atoms with Crippen LogP contribution in [0.4, 0.5) is 0 Å². The molecule has 0 unspecified atom stereocenters. The summed E-state index contributed by atoms with van der Waals surface area (Å²) < 4.78 is 5.70. The Morgan fingerprint density at radius 2 is 1.71 bits per heavy atom. The standard InChI is InChI=1S/C19H28O2/c1-2-3-4-5-6-9-16-21-17-19-13-11-18(12-14-19)10-7-8-15-20/h11-14,20H,2-6,8-9,15-17H2,1H3. The van der Waals surface area contributed by atoms with Crippen LogP contribution in [-0.4, -0.2) is 18.3 Å². The van der Waals surface area contributed by atoms with E-state index >= 15 is 0 Å². The molecule has 0 aliphatic rings. The third-order valence-corrected chi connectivity index (χ3v) is 3.33. The maximum Gasteiger partial charge on any atom is 0.0716 e. The Balaban J connectivity index is 2.11. The molecule has 0 bridgehead atoms. The molecule has 0 aromatic heterocycles. The number of aliphatic hydroxyl groups is 1. The molecule has 0 saturated carbocycles. The van der Waals surface area contributed by atoms with Crippen molar-refractivity contribution in [1.29, 1.82) is 0 Å². The van der Waals surface area contributed by atoms with Crippen molar-refractivity contribution < 1.29 is 9.84 Å². The lowest BCUT2D eigenvalue weighted by molar-refractivity contribution is 0.116. The second kappa shape index (κ2) is 12.4. The van der Waals surface area contributed by atoms with E-state index in [1.165, 1.54) is 37.7 Å². The van der Waals surface area contributed by atoms with Crippen molar-refractivity contribution in [1.82, 2.24) is 0 Å². The van der Waals surface area contributed by atoms with Crippen LogP contribution in [0.2, 0.25) is 0 Å². The summed E-state index contributed by atoms with van der Waals surface area (Å²) in [6, 6.07) is 8.13. The summed E-state index contributed by atoms with van der Waals surface area (Å²) >= 11 is 0. The number of ether oxygens (including phenoxy) is 1. The molecule has 1 rings (SSSR count). The minimum absolute atomic E-state index is 0.122. The Hall–Kier alpha value is -1.30. The van der Waals surface area contributed by atoms with E-state index in [2.05, 4.69) is 30.9 Å². The van der Waals surface area contributed by atoms with E-state index in [1.807, 2.05) is 12.1 Å². The summed E-state index contributed by atoms with van der Waals surface area (Å²) in [6.45, 7) is 3.90. The van der Waals surface area contributed by atoms with Gasteiger partial charge in [0.2, 0.25) is 0 Å². The van der Waals surface area contributed by atoms with Crippen LogP contribution in [-0.2, 0) is 11.3 Å². The Kier molecular flexibility index (Phi) is 10.5. The SMILES string of the molecule is CCCCCCCCOCc1ccc(C#CCCO)cc1. The van der Waals surface area contributed by atoms with Gasteiger partial charge in [-0.05, 0) is 24.1 Å². The summed E-state index contributed by atoms with van der Waals surface area (Å²) in [5.41, 5.74) is 2.18. The Labute approximate surface area is 129 Å². The molecule has 0 atom stereocenters. The second-order valence-corrected chi connectivity index (χ2v) is 5.29. The topological polar surface area (TPSA) is 29.5 Å². The molecule has 0 fully saturated rings. The van der Waals surface area contributed by atoms with Crippen molar-refractivity contribution >= 4 is 0 Å². The summed E-state index contributed by atoms with van der Waals surface area (Å²) in [5.74, 6) is 5.94. The average Bonchev–Trinajstić information content (AvgIpc) is 2.52. The predicted molar refractivity (Wildman–Crippen MR) is 88.1 cm³/mol. The van der Waals surface area contributed by atoms with Crippen LogP contribution < -0.4 is 0 Å². The zero-order valence-corrected chi connectivity index (χ0v) is 13.2. The van der Waals surface area contributed by atoms with Gasteiger partial charge in [0.15, 0.2) is 0 Å². The molecule has 0 amide bonds. The van der Waals surface area contributed by atoms with E-state index in [9.17, 15) is 0 Å². The lowest BCUT2D eigenvalue weighted by atomic mass is 10.1. The zero-order valence-electron chi connectivity index (χ0n) is 13.2. The largest absolute Gasteiger partial charge is 0.395 e. The van der Waals surface area contributed by atoms with Gasteiger partial charge < -0.3 is 9.84 Å². The minimum Gasteiger partial charge on any atom is -0.395 e. The Bertz CT molecular complexity index is 411. The van der Waals surface area contributed by atoms with Gasteiger partial charge in [-0.25, -0.2) is 0 Å². The molecule has 2 nitrogen and oxygen atoms in total. The molecule has 1 N–H and O–H groups in total. The normalized spacial score (nSPS) is 10.2. The Morgan fingerprint density at radius 1 is 1.00 bits per heavy atom. The van der Waals surface area contributed by atoms with Crippen LogP contribution >= 0.6 is 0 Å². The van der Waals surface area contributed by atoms with Crippen LogP contribution in [0.1, 0.15) is 63.0 Å². The van der Waals surface area contributed by atoms with Gasteiger partial charge in [-0.15, -0.1) is 0 Å². The van der Waals surface area contributed by atoms with Crippen LogP contribution in [0.5, 0.6) is 0 Å². The highest BCUT2D eigenvalue weighted by molar-refractivity contribution is 5.35. The smallest absolute Gasteiger partial charge is 0.0716 e. The molecule has 1 aromatic carbocycles. The summed E-state index contributed by atoms with van der Waals surface area (Å²) in [6.07, 6.45) is 8.32. The maximum atomic E-state index is 8.67. The fourth-order valence-electron chi connectivity index (χ4n) is 2.08. The number of aliphatic hydroxyl groups excluding tert-OH is 1. The van der Waals surface area contributed by atoms with Crippen molar-refractivity contribution in [2.75, 3.05) is 13.2 Å². The van der Waals surface area contributed by atoms with Crippen LogP contribution in [0.15, 0.2) is 24.3 Å². The molecule has 2 heteroatoms. The summed E-state index contributed by atoms with van der Waals surface area (Å²) in [5, 5.41) is 8.67. The van der Waals surface area contributed by atoms with Gasteiger partial charge in [0.25, 0.3) is 0 Å². The zero-order chi connectivity index (χ0) is 15.2. The van der Waals surface area contributed by atoms with Gasteiger partial charge in [0.05, 0.1) is 13.2 Å². The second-order valence-electron chi connectivity index (χ2n) is 5.29. The first kappa shape index (κ1) is 17.8. The average molecular weight is 288 g/mol. The van der Waals surface area contributed by atoms with Crippen molar-refractivity contribution in [2.45, 2.75) is 58.5 Å². The third-order valence-electron chi connectivity index (χ3n) is 3.33. The van der Waals surface area contributed by atoms with E-state index in [0.29, 0.717) is 13.0 Å². The first-order chi connectivity index (χ1) is 10.4. The van der Waals surface area contributed by atoms with Gasteiger partial charge in [-0.1, -0.05) is 63.0 Å². The van der Waals surface area contributed by atoms with E-state index in [1.54, 1.807) is 0 Å². The van der Waals surface area contributed by atoms with Gasteiger partial charge in [-0.3, -0.25) is 0 Å². The lowest BCUT2D eigenvalue weighted by Gasteiger charge is -2.05. The van der Waals surface area contributed by atoms with E-state index < -0.39 is 0 Å². The highest BCUT2D eigenvalue weighted by atomic mass is 16.5. The monoisotopic (exact) mass is 288 g/mol. The highest BCUT2D eigenvalue weighted by Crippen LogP contribution is 2.07. The van der Waals surface area contributed by atoms with Crippen molar-refractivity contribution in [3.63, 3.8) is 0 Å². The number of hydrogen-bond donors (Lipinski definition) is 1. The van der Waals surface area contributed by atoms with Gasteiger partial charge >= 0.3 is 0 Å². The fourth-order valence-corrected chi connectivity index (χ4v) is 2.08. The molecule has 21 heavy (non-hydrogen) atoms. The van der Waals surface area contributed by atoms with Crippen molar-refractivity contribution in [3.05, 3.63) is 35.4 Å². The first-order valence-electron chi connectivity index (χ1n) is 8.13. The fraction of sp³-hybridized carbons (Fsp3) is 0.579. The molecular weight excluding hydrogens is 260 g/mol. The molecule has 0 aliphatic heterocycles. The van der Waals surface area contributed by atoms with Crippen LogP contribution in [0.3, 0.4) is 0 Å². The number of unbranched alkanes of at least 4 members (excludes halogenated alkanes) is 5. The van der Waals surface area contributed by atoms with Gasteiger partial charge in [0, 0.05) is 18.6 Å².